The van der Waals surface area contributed by atoms with Crippen LogP contribution in [-0.4, -0.2) is 30.9 Å². The number of aryl methyl sites for hydroxylation is 1. The average molecular weight is 277 g/mol. The van der Waals surface area contributed by atoms with Gasteiger partial charge in [-0.05, 0) is 31.9 Å². The number of nitrogens with one attached hydrogen (secondary N) is 3. The maximum absolute atomic E-state index is 11.8. The molecule has 0 saturated carbocycles. The second-order valence-electron chi connectivity index (χ2n) is 4.76. The van der Waals surface area contributed by atoms with Gasteiger partial charge in [0.1, 0.15) is 0 Å². The molecule has 110 valence electrons. The van der Waals surface area contributed by atoms with Gasteiger partial charge in [0.2, 0.25) is 11.8 Å². The number of para-hydroxylation sites is 1. The third kappa shape index (κ3) is 5.40. The van der Waals surface area contributed by atoms with Crippen LogP contribution < -0.4 is 16.0 Å². The number of carbonyl (C=O) groups excluding carboxylic acids is 2. The predicted molar refractivity (Wildman–Crippen MR) is 80.6 cm³/mol. The first-order valence-corrected chi connectivity index (χ1v) is 6.91. The summed E-state index contributed by atoms with van der Waals surface area (Å²) in [7, 11) is 0. The second kappa shape index (κ2) is 8.32. The Morgan fingerprint density at radius 3 is 2.60 bits per heavy atom. The van der Waals surface area contributed by atoms with Crippen molar-refractivity contribution in [3.63, 3.8) is 0 Å². The van der Waals surface area contributed by atoms with Crippen molar-refractivity contribution in [2.24, 2.45) is 0 Å². The highest BCUT2D eigenvalue weighted by Crippen LogP contribution is 2.12. The minimum atomic E-state index is -0.385. The zero-order valence-electron chi connectivity index (χ0n) is 12.3. The van der Waals surface area contributed by atoms with E-state index >= 15 is 0 Å². The molecule has 0 heterocycles. The number of anilines is 1. The molecule has 1 rings (SSSR count). The average Bonchev–Trinajstić information content (AvgIpc) is 2.44. The lowest BCUT2D eigenvalue weighted by molar-refractivity contribution is -0.123. The number of benzene rings is 1. The Labute approximate surface area is 120 Å². The summed E-state index contributed by atoms with van der Waals surface area (Å²) in [5, 5.41) is 8.50. The van der Waals surface area contributed by atoms with Crippen LogP contribution in [0.2, 0.25) is 0 Å². The Balaban J connectivity index is 2.36. The van der Waals surface area contributed by atoms with Crippen LogP contribution >= 0.6 is 0 Å². The van der Waals surface area contributed by atoms with Crippen LogP contribution in [0.5, 0.6) is 0 Å². The van der Waals surface area contributed by atoms with Gasteiger partial charge in [-0.3, -0.25) is 14.9 Å². The molecule has 1 unspecified atom stereocenters. The summed E-state index contributed by atoms with van der Waals surface area (Å²) in [6.07, 6.45) is 0.895. The highest BCUT2D eigenvalue weighted by molar-refractivity contribution is 5.93. The Morgan fingerprint density at radius 2 is 1.95 bits per heavy atom. The van der Waals surface area contributed by atoms with Crippen molar-refractivity contribution < 1.29 is 9.59 Å². The molecule has 0 bridgehead atoms. The third-order valence-electron chi connectivity index (χ3n) is 2.93. The minimum Gasteiger partial charge on any atom is -0.355 e. The smallest absolute Gasteiger partial charge is 0.238 e. The lowest BCUT2D eigenvalue weighted by atomic mass is 10.2. The van der Waals surface area contributed by atoms with Crippen LogP contribution in [0.15, 0.2) is 24.3 Å². The zero-order chi connectivity index (χ0) is 15.0. The van der Waals surface area contributed by atoms with Crippen LogP contribution in [0.1, 0.15) is 25.8 Å². The minimum absolute atomic E-state index is 0.0875. The van der Waals surface area contributed by atoms with Gasteiger partial charge in [-0.1, -0.05) is 25.1 Å². The maximum Gasteiger partial charge on any atom is 0.238 e. The fourth-order valence-corrected chi connectivity index (χ4v) is 1.65. The van der Waals surface area contributed by atoms with E-state index in [1.807, 2.05) is 38.1 Å². The van der Waals surface area contributed by atoms with Crippen molar-refractivity contribution in [2.75, 3.05) is 18.4 Å². The summed E-state index contributed by atoms with van der Waals surface area (Å²) in [6, 6.07) is 7.19. The Morgan fingerprint density at radius 1 is 1.25 bits per heavy atom. The second-order valence-corrected chi connectivity index (χ2v) is 4.76. The van der Waals surface area contributed by atoms with Crippen molar-refractivity contribution >= 4 is 17.5 Å². The molecular formula is C15H23N3O2. The van der Waals surface area contributed by atoms with E-state index in [4.69, 9.17) is 0 Å². The molecule has 0 aliphatic carbocycles. The van der Waals surface area contributed by atoms with Crippen molar-refractivity contribution in [1.82, 2.24) is 10.6 Å². The topological polar surface area (TPSA) is 70.2 Å². The number of hydrogen-bond acceptors (Lipinski definition) is 3. The molecule has 5 heteroatoms. The molecule has 0 radical (unpaired) electrons. The summed E-state index contributed by atoms with van der Waals surface area (Å²) in [6.45, 7) is 6.43. The fourth-order valence-electron chi connectivity index (χ4n) is 1.65. The molecule has 0 aliphatic heterocycles. The van der Waals surface area contributed by atoms with Gasteiger partial charge in [-0.15, -0.1) is 0 Å². The Kier molecular flexibility index (Phi) is 6.73. The first kappa shape index (κ1) is 16.2. The zero-order valence-corrected chi connectivity index (χ0v) is 12.3. The molecule has 20 heavy (non-hydrogen) atoms. The summed E-state index contributed by atoms with van der Waals surface area (Å²) < 4.78 is 0. The first-order chi connectivity index (χ1) is 9.54. The molecular weight excluding hydrogens is 254 g/mol. The van der Waals surface area contributed by atoms with Gasteiger partial charge in [0.05, 0.1) is 12.6 Å². The van der Waals surface area contributed by atoms with E-state index in [1.165, 1.54) is 0 Å². The van der Waals surface area contributed by atoms with Gasteiger partial charge in [-0.25, -0.2) is 0 Å². The maximum atomic E-state index is 11.8. The van der Waals surface area contributed by atoms with Crippen LogP contribution in [0, 0.1) is 6.92 Å². The summed E-state index contributed by atoms with van der Waals surface area (Å²) in [5.74, 6) is -0.245. The van der Waals surface area contributed by atoms with Gasteiger partial charge in [0, 0.05) is 12.2 Å². The van der Waals surface area contributed by atoms with Crippen LogP contribution in [-0.2, 0) is 9.59 Å². The molecule has 1 aromatic carbocycles. The van der Waals surface area contributed by atoms with E-state index in [0.29, 0.717) is 6.54 Å². The van der Waals surface area contributed by atoms with Crippen molar-refractivity contribution in [3.05, 3.63) is 29.8 Å². The quantitative estimate of drug-likeness (QED) is 0.706. The lowest BCUT2D eigenvalue weighted by Crippen LogP contribution is -2.45. The molecule has 1 atom stereocenters. The van der Waals surface area contributed by atoms with Crippen molar-refractivity contribution in [1.29, 1.82) is 0 Å². The summed E-state index contributed by atoms with van der Waals surface area (Å²) in [4.78, 5) is 23.4. The monoisotopic (exact) mass is 277 g/mol. The van der Waals surface area contributed by atoms with Gasteiger partial charge in [0.15, 0.2) is 0 Å². The van der Waals surface area contributed by atoms with Gasteiger partial charge >= 0.3 is 0 Å². The van der Waals surface area contributed by atoms with E-state index in [0.717, 1.165) is 17.7 Å². The van der Waals surface area contributed by atoms with Crippen LogP contribution in [0.3, 0.4) is 0 Å². The third-order valence-corrected chi connectivity index (χ3v) is 2.93. The molecule has 5 nitrogen and oxygen atoms in total. The Hall–Kier alpha value is -1.88. The highest BCUT2D eigenvalue weighted by atomic mass is 16.2. The highest BCUT2D eigenvalue weighted by Gasteiger charge is 2.13. The lowest BCUT2D eigenvalue weighted by Gasteiger charge is -2.14. The van der Waals surface area contributed by atoms with Gasteiger partial charge < -0.3 is 10.6 Å². The van der Waals surface area contributed by atoms with Gasteiger partial charge in [0.25, 0.3) is 0 Å². The van der Waals surface area contributed by atoms with Crippen molar-refractivity contribution in [2.45, 2.75) is 33.2 Å². The molecule has 0 saturated heterocycles. The standard InChI is InChI=1S/C15H23N3O2/c1-4-9-16-15(20)12(3)17-10-14(19)18-13-8-6-5-7-11(13)2/h5-8,12,17H,4,9-10H2,1-3H3,(H,16,20)(H,18,19). The van der Waals surface area contributed by atoms with Gasteiger partial charge in [-0.2, -0.15) is 0 Å². The summed E-state index contributed by atoms with van der Waals surface area (Å²) in [5.41, 5.74) is 1.80. The van der Waals surface area contributed by atoms with E-state index in [2.05, 4.69) is 16.0 Å². The normalized spacial score (nSPS) is 11.8. The van der Waals surface area contributed by atoms with Crippen LogP contribution in [0.4, 0.5) is 5.69 Å². The number of rotatable bonds is 7. The molecule has 0 fully saturated rings. The van der Waals surface area contributed by atoms with E-state index < -0.39 is 0 Å². The summed E-state index contributed by atoms with van der Waals surface area (Å²) >= 11 is 0. The number of carbonyl (C=O) groups is 2. The van der Waals surface area contributed by atoms with E-state index in [1.54, 1.807) is 6.92 Å². The predicted octanol–water partition coefficient (Wildman–Crippen LogP) is 1.44. The molecule has 0 spiro atoms. The Bertz CT molecular complexity index is 460. The fraction of sp³-hybridized carbons (Fsp3) is 0.467. The molecule has 2 amide bonds. The molecule has 0 aliphatic rings. The van der Waals surface area contributed by atoms with Crippen molar-refractivity contribution in [3.8, 4) is 0 Å². The van der Waals surface area contributed by atoms with E-state index in [-0.39, 0.29) is 24.4 Å². The SMILES string of the molecule is CCCNC(=O)C(C)NCC(=O)Nc1ccccc1C. The largest absolute Gasteiger partial charge is 0.355 e. The van der Waals surface area contributed by atoms with E-state index in [9.17, 15) is 9.59 Å². The molecule has 3 N–H and O–H groups in total. The number of amides is 2. The van der Waals surface area contributed by atoms with Crippen LogP contribution in [0.25, 0.3) is 0 Å². The number of hydrogen-bond donors (Lipinski definition) is 3. The first-order valence-electron chi connectivity index (χ1n) is 6.91. The molecule has 0 aromatic heterocycles. The molecule has 1 aromatic rings.